The van der Waals surface area contributed by atoms with Crippen molar-refractivity contribution in [3.63, 3.8) is 0 Å². The molecule has 2 aromatic rings. The average Bonchev–Trinajstić information content (AvgIpc) is 2.61. The monoisotopic (exact) mass is 396 g/mol. The maximum absolute atomic E-state index is 13.7. The van der Waals surface area contributed by atoms with Crippen LogP contribution in [0.1, 0.15) is 17.3 Å². The summed E-state index contributed by atoms with van der Waals surface area (Å²) in [5.41, 5.74) is -0.197. The Morgan fingerprint density at radius 3 is 2.41 bits per heavy atom. The van der Waals surface area contributed by atoms with E-state index < -0.39 is 44.8 Å². The molecule has 1 amide bonds. The smallest absolute Gasteiger partial charge is 0.341 e. The Bertz CT molecular complexity index is 944. The number of esters is 1. The first kappa shape index (κ1) is 20.3. The van der Waals surface area contributed by atoms with Gasteiger partial charge in [-0.3, -0.25) is 4.79 Å². The summed E-state index contributed by atoms with van der Waals surface area (Å²) < 4.78 is 46.3. The zero-order chi connectivity index (χ0) is 20.0. The molecule has 0 aromatic heterocycles. The van der Waals surface area contributed by atoms with Gasteiger partial charge in [-0.2, -0.15) is 0 Å². The number of carbonyl (C=O) groups excluding carboxylic acids is 2. The molecule has 0 aliphatic carbocycles. The molecule has 0 aliphatic heterocycles. The van der Waals surface area contributed by atoms with Crippen molar-refractivity contribution in [1.29, 1.82) is 0 Å². The molecular formula is C17H17FN2O6S. The number of rotatable bonds is 7. The van der Waals surface area contributed by atoms with E-state index in [2.05, 4.69) is 5.32 Å². The van der Waals surface area contributed by atoms with Gasteiger partial charge >= 0.3 is 5.97 Å². The van der Waals surface area contributed by atoms with Crippen molar-refractivity contribution in [3.8, 4) is 5.75 Å². The number of sulfonamides is 1. The van der Waals surface area contributed by atoms with Gasteiger partial charge in [-0.05, 0) is 49.4 Å². The fraction of sp³-hybridized carbons (Fsp3) is 0.176. The maximum atomic E-state index is 13.7. The van der Waals surface area contributed by atoms with Crippen LogP contribution in [-0.2, 0) is 19.6 Å². The molecule has 0 heterocycles. The molecule has 0 radical (unpaired) electrons. The van der Waals surface area contributed by atoms with E-state index in [1.54, 1.807) is 24.3 Å². The predicted molar refractivity (Wildman–Crippen MR) is 94.3 cm³/mol. The number of nitrogens with one attached hydrogen (secondary N) is 1. The minimum atomic E-state index is -4.12. The van der Waals surface area contributed by atoms with Gasteiger partial charge in [0.1, 0.15) is 11.6 Å². The highest BCUT2D eigenvalue weighted by Crippen LogP contribution is 2.17. The van der Waals surface area contributed by atoms with Crippen LogP contribution in [0.3, 0.4) is 0 Å². The summed E-state index contributed by atoms with van der Waals surface area (Å²) in [5.74, 6) is -2.22. The number of hydrogen-bond donors (Lipinski definition) is 2. The predicted octanol–water partition coefficient (Wildman–Crippen LogP) is 1.67. The molecule has 144 valence electrons. The van der Waals surface area contributed by atoms with Gasteiger partial charge in [0, 0.05) is 5.69 Å². The number of hydrogen-bond acceptors (Lipinski definition) is 6. The van der Waals surface area contributed by atoms with Crippen LogP contribution in [0.15, 0.2) is 47.4 Å². The third kappa shape index (κ3) is 5.76. The van der Waals surface area contributed by atoms with E-state index in [0.717, 1.165) is 18.2 Å². The van der Waals surface area contributed by atoms with E-state index in [9.17, 15) is 22.4 Å². The van der Waals surface area contributed by atoms with Gasteiger partial charge in [0.15, 0.2) is 6.61 Å². The first-order valence-electron chi connectivity index (χ1n) is 7.73. The zero-order valence-electron chi connectivity index (χ0n) is 14.3. The van der Waals surface area contributed by atoms with Crippen LogP contribution in [0.4, 0.5) is 10.1 Å². The molecule has 8 nitrogen and oxygen atoms in total. The molecule has 0 atom stereocenters. The van der Waals surface area contributed by atoms with Crippen molar-refractivity contribution in [2.75, 3.05) is 18.5 Å². The lowest BCUT2D eigenvalue weighted by molar-refractivity contribution is -0.119. The van der Waals surface area contributed by atoms with Crippen LogP contribution >= 0.6 is 0 Å². The number of halogens is 1. The molecule has 0 fully saturated rings. The molecule has 0 unspecified atom stereocenters. The molecule has 0 aliphatic rings. The van der Waals surface area contributed by atoms with Crippen LogP contribution in [0.2, 0.25) is 0 Å². The summed E-state index contributed by atoms with van der Waals surface area (Å²) in [6.07, 6.45) is 0. The second-order valence-electron chi connectivity index (χ2n) is 5.27. The van der Waals surface area contributed by atoms with Crippen molar-refractivity contribution >= 4 is 27.6 Å². The maximum Gasteiger partial charge on any atom is 0.341 e. The number of anilines is 1. The van der Waals surface area contributed by atoms with E-state index in [4.69, 9.17) is 14.6 Å². The third-order valence-corrected chi connectivity index (χ3v) is 4.18. The molecule has 27 heavy (non-hydrogen) atoms. The standard InChI is InChI=1S/C17H17FN2O6S/c1-2-25-12-5-3-11(4-6-12)20-16(21)10-26-17(22)14-9-13(27(19,23)24)7-8-15(14)18/h3-9H,2,10H2,1H3,(H,20,21)(H2,19,23,24). The lowest BCUT2D eigenvalue weighted by atomic mass is 10.2. The van der Waals surface area contributed by atoms with Crippen LogP contribution in [0.25, 0.3) is 0 Å². The summed E-state index contributed by atoms with van der Waals surface area (Å²) in [7, 11) is -4.12. The molecule has 0 saturated heterocycles. The molecule has 0 bridgehead atoms. The normalized spacial score (nSPS) is 10.9. The Labute approximate surface area is 155 Å². The van der Waals surface area contributed by atoms with Crippen LogP contribution in [-0.4, -0.2) is 33.5 Å². The minimum Gasteiger partial charge on any atom is -0.494 e. The highest BCUT2D eigenvalue weighted by atomic mass is 32.2. The fourth-order valence-electron chi connectivity index (χ4n) is 2.04. The van der Waals surface area contributed by atoms with E-state index in [-0.39, 0.29) is 0 Å². The van der Waals surface area contributed by atoms with Crippen molar-refractivity contribution in [3.05, 3.63) is 53.8 Å². The average molecular weight is 396 g/mol. The highest BCUT2D eigenvalue weighted by Gasteiger charge is 2.19. The largest absolute Gasteiger partial charge is 0.494 e. The molecule has 0 saturated carbocycles. The second kappa shape index (κ2) is 8.60. The van der Waals surface area contributed by atoms with Gasteiger partial charge < -0.3 is 14.8 Å². The van der Waals surface area contributed by atoms with E-state index in [0.29, 0.717) is 18.0 Å². The molecule has 2 aromatic carbocycles. The minimum absolute atomic E-state index is 0.446. The van der Waals surface area contributed by atoms with Gasteiger partial charge in [0.05, 0.1) is 17.1 Å². The number of nitrogens with two attached hydrogens (primary N) is 1. The fourth-order valence-corrected chi connectivity index (χ4v) is 2.58. The van der Waals surface area contributed by atoms with Crippen molar-refractivity contribution in [1.82, 2.24) is 0 Å². The van der Waals surface area contributed by atoms with Gasteiger partial charge in [0.25, 0.3) is 5.91 Å². The third-order valence-electron chi connectivity index (χ3n) is 3.27. The van der Waals surface area contributed by atoms with Crippen LogP contribution in [0, 0.1) is 5.82 Å². The van der Waals surface area contributed by atoms with E-state index >= 15 is 0 Å². The number of carbonyl (C=O) groups is 2. The number of benzene rings is 2. The summed E-state index contributed by atoms with van der Waals surface area (Å²) in [6.45, 7) is 1.65. The zero-order valence-corrected chi connectivity index (χ0v) is 15.1. The molecule has 2 rings (SSSR count). The summed E-state index contributed by atoms with van der Waals surface area (Å²) >= 11 is 0. The van der Waals surface area contributed by atoms with E-state index in [1.165, 1.54) is 0 Å². The second-order valence-corrected chi connectivity index (χ2v) is 6.83. The Morgan fingerprint density at radius 2 is 1.81 bits per heavy atom. The van der Waals surface area contributed by atoms with E-state index in [1.807, 2.05) is 6.92 Å². The number of ether oxygens (including phenoxy) is 2. The molecule has 3 N–H and O–H groups in total. The first-order valence-corrected chi connectivity index (χ1v) is 9.27. The lowest BCUT2D eigenvalue weighted by Crippen LogP contribution is -2.21. The molecular weight excluding hydrogens is 379 g/mol. The summed E-state index contributed by atoms with van der Waals surface area (Å²) in [4.78, 5) is 23.3. The van der Waals surface area contributed by atoms with Gasteiger partial charge in [-0.15, -0.1) is 0 Å². The summed E-state index contributed by atoms with van der Waals surface area (Å²) in [5, 5.41) is 7.43. The first-order chi connectivity index (χ1) is 12.7. The van der Waals surface area contributed by atoms with Gasteiger partial charge in [-0.25, -0.2) is 22.7 Å². The Kier molecular flexibility index (Phi) is 6.48. The SMILES string of the molecule is CCOc1ccc(NC(=O)COC(=O)c2cc(S(N)(=O)=O)ccc2F)cc1. The summed E-state index contributed by atoms with van der Waals surface area (Å²) in [6, 6.07) is 8.94. The molecule has 10 heteroatoms. The van der Waals surface area contributed by atoms with Crippen LogP contribution in [0.5, 0.6) is 5.75 Å². The number of amides is 1. The highest BCUT2D eigenvalue weighted by molar-refractivity contribution is 7.89. The molecule has 0 spiro atoms. The Morgan fingerprint density at radius 1 is 1.15 bits per heavy atom. The van der Waals surface area contributed by atoms with Gasteiger partial charge in [-0.1, -0.05) is 0 Å². The van der Waals surface area contributed by atoms with Crippen molar-refractivity contribution < 1.29 is 31.9 Å². The lowest BCUT2D eigenvalue weighted by Gasteiger charge is -2.09. The Balaban J connectivity index is 1.98. The quantitative estimate of drug-likeness (QED) is 0.686. The van der Waals surface area contributed by atoms with Gasteiger partial charge in [0.2, 0.25) is 10.0 Å². The Hall–Kier alpha value is -2.98. The van der Waals surface area contributed by atoms with Crippen molar-refractivity contribution in [2.45, 2.75) is 11.8 Å². The number of primary sulfonamides is 1. The van der Waals surface area contributed by atoms with Crippen LogP contribution < -0.4 is 15.2 Å². The topological polar surface area (TPSA) is 125 Å². The van der Waals surface area contributed by atoms with Crippen molar-refractivity contribution in [2.24, 2.45) is 5.14 Å².